The monoisotopic (exact) mass is 214 g/mol. The van der Waals surface area contributed by atoms with E-state index in [-0.39, 0.29) is 19.5 Å². The van der Waals surface area contributed by atoms with Gasteiger partial charge in [0.25, 0.3) is 0 Å². The van der Waals surface area contributed by atoms with Crippen LogP contribution in [0.5, 0.6) is 0 Å². The number of hydrogen-bond acceptors (Lipinski definition) is 3. The second-order valence-electron chi connectivity index (χ2n) is 1.64. The van der Waals surface area contributed by atoms with Crippen molar-refractivity contribution < 1.29 is 34.5 Å². The second-order valence-corrected chi connectivity index (χ2v) is 2.62. The van der Waals surface area contributed by atoms with Crippen LogP contribution in [-0.2, 0) is 24.3 Å². The summed E-state index contributed by atoms with van der Waals surface area (Å²) in [4.78, 5) is 9.95. The predicted octanol–water partition coefficient (Wildman–Crippen LogP) is 0.182. The van der Waals surface area contributed by atoms with Gasteiger partial charge in [-0.15, -0.1) is 0 Å². The molecule has 0 fully saturated rings. The van der Waals surface area contributed by atoms with Gasteiger partial charge in [-0.1, -0.05) is 0 Å². The van der Waals surface area contributed by atoms with Crippen molar-refractivity contribution in [3.63, 3.8) is 0 Å². The van der Waals surface area contributed by atoms with Crippen molar-refractivity contribution in [1.29, 1.82) is 0 Å². The molecule has 0 amide bonds. The fourth-order valence-electron chi connectivity index (χ4n) is 0.353. The number of carbonyl (C=O) groups is 1. The van der Waals surface area contributed by atoms with Crippen LogP contribution in [0.4, 0.5) is 0 Å². The molecule has 0 saturated heterocycles. The fraction of sp³-hybridized carbons (Fsp3) is 0.800. The summed E-state index contributed by atoms with van der Waals surface area (Å²) >= 11 is 1.52. The molecule has 0 rings (SSSR count). The molecule has 0 aromatic rings. The van der Waals surface area contributed by atoms with Crippen molar-refractivity contribution >= 4 is 17.7 Å². The van der Waals surface area contributed by atoms with Crippen LogP contribution in [0.2, 0.25) is 0 Å². The number of rotatable bonds is 4. The van der Waals surface area contributed by atoms with E-state index in [0.717, 1.165) is 0 Å². The van der Waals surface area contributed by atoms with Gasteiger partial charge in [-0.3, -0.25) is 0 Å². The molecule has 5 heteroatoms. The first-order chi connectivity index (χ1) is 4.18. The number of aliphatic carboxylic acids is 1. The molecule has 0 aliphatic carbocycles. The average Bonchev–Trinajstić information content (AvgIpc) is 1.82. The zero-order valence-electron chi connectivity index (χ0n) is 5.91. The Morgan fingerprint density at radius 3 is 2.50 bits per heavy atom. The number of aliphatic hydroxyl groups is 1. The van der Waals surface area contributed by atoms with Crippen LogP contribution < -0.4 is 0 Å². The minimum atomic E-state index is -1.18. The van der Waals surface area contributed by atoms with Gasteiger partial charge in [-0.25, -0.2) is 4.79 Å². The third-order valence-electron chi connectivity index (χ3n) is 0.880. The molecule has 0 aliphatic rings. The van der Waals surface area contributed by atoms with E-state index in [1.165, 1.54) is 11.8 Å². The fourth-order valence-corrected chi connectivity index (χ4v) is 0.812. The van der Waals surface area contributed by atoms with Gasteiger partial charge < -0.3 is 10.2 Å². The molecule has 2 N–H and O–H groups in total. The molecule has 0 heterocycles. The zero-order valence-corrected chi connectivity index (χ0v) is 9.69. The Kier molecular flexibility index (Phi) is 9.78. The summed E-state index contributed by atoms with van der Waals surface area (Å²) in [6.07, 6.45) is 1.02. The van der Waals surface area contributed by atoms with E-state index in [2.05, 4.69) is 0 Å². The van der Waals surface area contributed by atoms with Gasteiger partial charge in [0.05, 0.1) is 0 Å². The van der Waals surface area contributed by atoms with Crippen molar-refractivity contribution in [2.24, 2.45) is 0 Å². The zero-order chi connectivity index (χ0) is 7.28. The van der Waals surface area contributed by atoms with E-state index >= 15 is 0 Å². The molecule has 0 spiro atoms. The molecule has 0 aliphatic heterocycles. The molecule has 1 unspecified atom stereocenters. The van der Waals surface area contributed by atoms with Gasteiger partial charge in [0, 0.05) is 19.5 Å². The Balaban J connectivity index is 0. The van der Waals surface area contributed by atoms with Crippen molar-refractivity contribution in [2.45, 2.75) is 12.5 Å². The van der Waals surface area contributed by atoms with Crippen LogP contribution >= 0.6 is 11.8 Å². The summed E-state index contributed by atoms with van der Waals surface area (Å²) in [5.74, 6) is -0.447. The minimum absolute atomic E-state index is 0. The maximum absolute atomic E-state index is 9.95. The first kappa shape index (κ1) is 13.0. The normalized spacial score (nSPS) is 11.8. The van der Waals surface area contributed by atoms with Gasteiger partial charge in [-0.2, -0.15) is 11.8 Å². The molecule has 10 heavy (non-hydrogen) atoms. The van der Waals surface area contributed by atoms with Crippen LogP contribution in [0, 0.1) is 0 Å². The summed E-state index contributed by atoms with van der Waals surface area (Å²) in [6, 6.07) is 0. The van der Waals surface area contributed by atoms with Gasteiger partial charge in [0.2, 0.25) is 0 Å². The maximum atomic E-state index is 9.95. The van der Waals surface area contributed by atoms with Crippen molar-refractivity contribution in [1.82, 2.24) is 0 Å². The number of carboxylic acids is 1. The quantitative estimate of drug-likeness (QED) is 0.657. The number of carboxylic acid groups (broad SMARTS) is 1. The first-order valence-corrected chi connectivity index (χ1v) is 3.97. The summed E-state index contributed by atoms with van der Waals surface area (Å²) in [6.45, 7) is 0. The van der Waals surface area contributed by atoms with Crippen molar-refractivity contribution in [2.75, 3.05) is 12.0 Å². The third kappa shape index (κ3) is 6.52. The minimum Gasteiger partial charge on any atom is -0.479 e. The molecule has 56 valence electrons. The van der Waals surface area contributed by atoms with Crippen molar-refractivity contribution in [3.05, 3.63) is 0 Å². The van der Waals surface area contributed by atoms with E-state index < -0.39 is 12.1 Å². The van der Waals surface area contributed by atoms with Crippen molar-refractivity contribution in [3.8, 4) is 0 Å². The molecule has 0 aromatic heterocycles. The molecule has 0 saturated carbocycles. The summed E-state index contributed by atoms with van der Waals surface area (Å²) in [5.41, 5.74) is 0. The van der Waals surface area contributed by atoms with Crippen LogP contribution in [0.25, 0.3) is 0 Å². The SMILES string of the molecule is CSCCC(O)C(=O)O.[Zn]. The summed E-state index contributed by atoms with van der Waals surface area (Å²) in [5, 5.41) is 16.8. The van der Waals surface area contributed by atoms with Crippen LogP contribution in [0.15, 0.2) is 0 Å². The van der Waals surface area contributed by atoms with Gasteiger partial charge in [0.1, 0.15) is 0 Å². The van der Waals surface area contributed by atoms with Crippen LogP contribution in [-0.4, -0.2) is 34.3 Å². The van der Waals surface area contributed by atoms with Crippen LogP contribution in [0.3, 0.4) is 0 Å². The Labute approximate surface area is 77.0 Å². The topological polar surface area (TPSA) is 57.5 Å². The number of hydrogen-bond donors (Lipinski definition) is 2. The number of thioether (sulfide) groups is 1. The average molecular weight is 216 g/mol. The third-order valence-corrected chi connectivity index (χ3v) is 1.52. The smallest absolute Gasteiger partial charge is 0.332 e. The first-order valence-electron chi connectivity index (χ1n) is 2.58. The Morgan fingerprint density at radius 2 is 2.20 bits per heavy atom. The molecule has 0 radical (unpaired) electrons. The largest absolute Gasteiger partial charge is 0.479 e. The Morgan fingerprint density at radius 1 is 1.70 bits per heavy atom. The second kappa shape index (κ2) is 7.51. The van der Waals surface area contributed by atoms with Crippen LogP contribution in [0.1, 0.15) is 6.42 Å². The summed E-state index contributed by atoms with van der Waals surface area (Å²) < 4.78 is 0. The molecule has 1 atom stereocenters. The predicted molar refractivity (Wildman–Crippen MR) is 36.6 cm³/mol. The molecule has 0 bridgehead atoms. The summed E-state index contributed by atoms with van der Waals surface area (Å²) in [7, 11) is 0. The molecular weight excluding hydrogens is 206 g/mol. The maximum Gasteiger partial charge on any atom is 0.332 e. The Hall–Kier alpha value is 0.403. The molecule has 0 aromatic carbocycles. The van der Waals surface area contributed by atoms with E-state index in [4.69, 9.17) is 10.2 Å². The van der Waals surface area contributed by atoms with Gasteiger partial charge in [-0.05, 0) is 18.4 Å². The van der Waals surface area contributed by atoms with E-state index in [0.29, 0.717) is 12.2 Å². The van der Waals surface area contributed by atoms with Gasteiger partial charge in [0.15, 0.2) is 6.10 Å². The Bertz CT molecular complexity index is 98.9. The molecular formula is C5H10O3SZn. The van der Waals surface area contributed by atoms with Gasteiger partial charge >= 0.3 is 5.97 Å². The number of aliphatic hydroxyl groups excluding tert-OH is 1. The van der Waals surface area contributed by atoms with E-state index in [1.807, 2.05) is 6.26 Å². The van der Waals surface area contributed by atoms with E-state index in [1.54, 1.807) is 0 Å². The molecule has 3 nitrogen and oxygen atoms in total. The van der Waals surface area contributed by atoms with E-state index in [9.17, 15) is 4.79 Å². The standard InChI is InChI=1S/C5H10O3S.Zn/c1-9-3-2-4(6)5(7)8;/h4,6H,2-3H2,1H3,(H,7,8);.